The summed E-state index contributed by atoms with van der Waals surface area (Å²) < 4.78 is 86.1. The van der Waals surface area contributed by atoms with E-state index in [1.807, 2.05) is 66.2 Å². The van der Waals surface area contributed by atoms with E-state index in [9.17, 15) is 59.9 Å². The molecule has 2 aliphatic heterocycles. The molecule has 4 aromatic carbocycles. The van der Waals surface area contributed by atoms with Gasteiger partial charge in [-0.05, 0) is 114 Å². The number of aldehydes is 1. The first-order valence-corrected chi connectivity index (χ1v) is 25.9. The van der Waals surface area contributed by atoms with Crippen LogP contribution in [0.3, 0.4) is 0 Å². The third kappa shape index (κ3) is 15.7. The van der Waals surface area contributed by atoms with Crippen LogP contribution in [0, 0.1) is 34.9 Å². The summed E-state index contributed by atoms with van der Waals surface area (Å²) in [4.78, 5) is 92.7. The smallest absolute Gasteiger partial charge is 0.261 e. The molecule has 2 aliphatic rings. The quantitative estimate of drug-likeness (QED) is 0.0274. The number of imidazole rings is 2. The van der Waals surface area contributed by atoms with Crippen molar-refractivity contribution in [3.63, 3.8) is 0 Å². The molecule has 0 fully saturated rings. The third-order valence-electron chi connectivity index (χ3n) is 12.8. The van der Waals surface area contributed by atoms with Crippen LogP contribution in [0.1, 0.15) is 103 Å². The number of aromatic nitrogens is 6. The first-order valence-electron chi connectivity index (χ1n) is 25.9. The van der Waals surface area contributed by atoms with Crippen LogP contribution in [-0.4, -0.2) is 69.6 Å². The molecule has 6 heterocycles. The van der Waals surface area contributed by atoms with Crippen LogP contribution in [0.2, 0.25) is 0 Å². The molecule has 0 bridgehead atoms. The predicted molar refractivity (Wildman–Crippen MR) is 304 cm³/mol. The highest BCUT2D eigenvalue weighted by atomic mass is 19.2. The van der Waals surface area contributed by atoms with E-state index in [1.165, 1.54) is 36.7 Å². The fourth-order valence-electron chi connectivity index (χ4n) is 8.61. The molecule has 10 rings (SSSR count). The van der Waals surface area contributed by atoms with E-state index in [0.717, 1.165) is 67.6 Å². The summed E-state index contributed by atoms with van der Waals surface area (Å²) in [5, 5.41) is 13.2. The molecule has 0 atom stereocenters. The van der Waals surface area contributed by atoms with Crippen LogP contribution >= 0.6 is 0 Å². The van der Waals surface area contributed by atoms with Gasteiger partial charge in [-0.3, -0.25) is 33.6 Å². The number of nitrogens with one attached hydrogen (secondary N) is 2. The van der Waals surface area contributed by atoms with E-state index < -0.39 is 46.0 Å². The van der Waals surface area contributed by atoms with Crippen molar-refractivity contribution in [1.29, 1.82) is 0 Å². The average Bonchev–Trinajstić information content (AvgIpc) is 3.81. The molecule has 0 unspecified atom stereocenters. The standard InChI is InChI=1S/C30H23F3N4O3.C25H19F3N2O3.C5H6N2O.C2H6O/c1-36-12-10-34-27(36)16-22-20-9-8-18(15-25(20)35-29(22)39)5-2-3-7-26(38)21-6-4-11-37(30(21)40)17-19-13-23(31)28(33)24(32)14-19;26-19-10-16(11-20(27)24(19)28)14-30-9-3-5-18(25(30)33)22(31)6-2-1-4-15-7-8-17-13-23(32)29-21(17)12-15;1-7-3-2-6-5(7)4-8;1-2-3/h2,4-6,8-16H,3,7,17H2,1H3,(H,35,39);1,3-5,7-12H,2,6,13-14H2,(H,29,32);2-4H,1H3;3H,2H2,1H3/b5-2+,22-16+;4-1+;;. The molecule has 3 N–H and O–H groups in total. The van der Waals surface area contributed by atoms with Gasteiger partial charge in [0.1, 0.15) is 5.82 Å². The summed E-state index contributed by atoms with van der Waals surface area (Å²) in [6, 6.07) is 20.2. The number of nitrogens with zero attached hydrogens (tertiary/aromatic N) is 6. The van der Waals surface area contributed by atoms with Crippen molar-refractivity contribution >= 4 is 64.8 Å². The Kier molecular flexibility index (Phi) is 20.9. The number of aryl methyl sites for hydroxylation is 2. The van der Waals surface area contributed by atoms with Gasteiger partial charge in [0.2, 0.25) is 5.91 Å². The number of Topliss-reactive ketones (excluding diaryl/α,β-unsaturated/α-hetero) is 2. The van der Waals surface area contributed by atoms with Crippen molar-refractivity contribution in [2.24, 2.45) is 14.1 Å². The van der Waals surface area contributed by atoms with E-state index in [2.05, 4.69) is 20.6 Å². The number of carbonyl (C=O) groups is 5. The Morgan fingerprint density at radius 2 is 1.08 bits per heavy atom. The maximum Gasteiger partial charge on any atom is 0.261 e. The first kappa shape index (κ1) is 61.5. The average molecular weight is 1150 g/mol. The second-order valence-corrected chi connectivity index (χ2v) is 18.9. The summed E-state index contributed by atoms with van der Waals surface area (Å²) in [5.41, 5.74) is 4.23. The Bertz CT molecular complexity index is 3960. The number of halogens is 6. The largest absolute Gasteiger partial charge is 0.397 e. The van der Waals surface area contributed by atoms with E-state index in [0.29, 0.717) is 42.2 Å². The number of carbonyl (C=O) groups excluding carboxylic acids is 5. The molecule has 2 amide bonds. The lowest BCUT2D eigenvalue weighted by atomic mass is 10.0. The zero-order valence-corrected chi connectivity index (χ0v) is 45.4. The number of aliphatic hydroxyl groups excluding tert-OH is 1. The fourth-order valence-corrected chi connectivity index (χ4v) is 8.61. The van der Waals surface area contributed by atoms with Crippen molar-refractivity contribution < 1.29 is 55.4 Å². The molecule has 0 radical (unpaired) electrons. The van der Waals surface area contributed by atoms with Gasteiger partial charge in [0, 0.05) is 87.7 Å². The van der Waals surface area contributed by atoms with Gasteiger partial charge in [-0.1, -0.05) is 48.6 Å². The Morgan fingerprint density at radius 3 is 1.54 bits per heavy atom. The maximum atomic E-state index is 13.5. The normalized spacial score (nSPS) is 12.6. The van der Waals surface area contributed by atoms with Crippen molar-refractivity contribution in [2.45, 2.75) is 52.1 Å². The van der Waals surface area contributed by atoms with E-state index in [-0.39, 0.29) is 78.2 Å². The number of pyridine rings is 2. The molecule has 4 aromatic heterocycles. The lowest BCUT2D eigenvalue weighted by molar-refractivity contribution is -0.115. The maximum absolute atomic E-state index is 13.5. The van der Waals surface area contributed by atoms with E-state index >= 15 is 0 Å². The minimum absolute atomic E-state index is 0.0331. The zero-order valence-electron chi connectivity index (χ0n) is 45.4. The van der Waals surface area contributed by atoms with Crippen molar-refractivity contribution in [3.05, 3.63) is 246 Å². The summed E-state index contributed by atoms with van der Waals surface area (Å²) in [6.45, 7) is 1.50. The summed E-state index contributed by atoms with van der Waals surface area (Å²) >= 11 is 0. The number of benzene rings is 4. The van der Waals surface area contributed by atoms with Crippen molar-refractivity contribution in [2.75, 3.05) is 17.2 Å². The molecule has 0 aliphatic carbocycles. The molecular weight excluding hydrogens is 1100 g/mol. The minimum atomic E-state index is -1.58. The van der Waals surface area contributed by atoms with Gasteiger partial charge in [0.15, 0.2) is 58.6 Å². The van der Waals surface area contributed by atoms with Crippen molar-refractivity contribution in [1.82, 2.24) is 28.2 Å². The Morgan fingerprint density at radius 1 is 0.619 bits per heavy atom. The van der Waals surface area contributed by atoms with Crippen LogP contribution in [0.25, 0.3) is 23.8 Å². The second-order valence-electron chi connectivity index (χ2n) is 18.9. The second kappa shape index (κ2) is 28.6. The number of anilines is 2. The fraction of sp³-hybridized carbons (Fsp3) is 0.177. The van der Waals surface area contributed by atoms with Gasteiger partial charge in [0.05, 0.1) is 36.2 Å². The molecule has 432 valence electrons. The van der Waals surface area contributed by atoms with Crippen LogP contribution < -0.4 is 21.8 Å². The summed E-state index contributed by atoms with van der Waals surface area (Å²) in [6.07, 6.45) is 20.5. The lowest BCUT2D eigenvalue weighted by Gasteiger charge is -2.08. The van der Waals surface area contributed by atoms with Gasteiger partial charge >= 0.3 is 0 Å². The summed E-state index contributed by atoms with van der Waals surface area (Å²) in [5.74, 6) is -8.43. The van der Waals surface area contributed by atoms with Crippen LogP contribution in [0.15, 0.2) is 144 Å². The number of hydrogen-bond acceptors (Lipinski definition) is 10. The molecule has 0 saturated carbocycles. The number of ketones is 2. The van der Waals surface area contributed by atoms with Gasteiger partial charge in [-0.15, -0.1) is 0 Å². The SMILES string of the molecule is CCO.Cn1ccnc1/C=C1/C(=O)Nc2cc(/C=C/CCC(=O)c3cccn(Cc4cc(F)c(F)c(F)c4)c3=O)ccc21.Cn1ccnc1C=O.O=C1Cc2ccc(/C=C/CCC(=O)c3cccn(Cc4cc(F)c(F)c(F)c4)c3=O)cc2N1. The van der Waals surface area contributed by atoms with Gasteiger partial charge in [-0.25, -0.2) is 36.3 Å². The molecule has 16 nitrogen and oxygen atoms in total. The number of aliphatic hydroxyl groups is 1. The molecule has 22 heteroatoms. The van der Waals surface area contributed by atoms with Crippen LogP contribution in [0.5, 0.6) is 0 Å². The number of amides is 2. The number of hydrogen-bond donors (Lipinski definition) is 3. The predicted octanol–water partition coefficient (Wildman–Crippen LogP) is 9.93. The van der Waals surface area contributed by atoms with Crippen LogP contribution in [-0.2, 0) is 43.2 Å². The molecular formula is C62H54F6N8O8. The molecule has 0 spiro atoms. The highest BCUT2D eigenvalue weighted by molar-refractivity contribution is 6.34. The first-order chi connectivity index (χ1) is 40.3. The molecule has 8 aromatic rings. The Labute approximate surface area is 476 Å². The molecule has 0 saturated heterocycles. The van der Waals surface area contributed by atoms with Crippen LogP contribution in [0.4, 0.5) is 37.7 Å². The third-order valence-corrected chi connectivity index (χ3v) is 12.8. The Balaban J connectivity index is 0.000000207. The van der Waals surface area contributed by atoms with E-state index in [1.54, 1.807) is 55.5 Å². The summed E-state index contributed by atoms with van der Waals surface area (Å²) in [7, 11) is 3.62. The van der Waals surface area contributed by atoms with Gasteiger partial charge in [-0.2, -0.15) is 0 Å². The minimum Gasteiger partial charge on any atom is -0.397 e. The monoisotopic (exact) mass is 1150 g/mol. The zero-order chi connectivity index (χ0) is 60.6. The van der Waals surface area contributed by atoms with Gasteiger partial charge < -0.3 is 34.0 Å². The van der Waals surface area contributed by atoms with E-state index in [4.69, 9.17) is 5.11 Å². The topological polar surface area (TPSA) is 209 Å². The highest BCUT2D eigenvalue weighted by Crippen LogP contribution is 2.34. The van der Waals surface area contributed by atoms with Gasteiger partial charge in [0.25, 0.3) is 17.0 Å². The molecule has 84 heavy (non-hydrogen) atoms. The number of allylic oxidation sites excluding steroid dienone is 2. The number of fused-ring (bicyclic) bond motifs is 2. The highest BCUT2D eigenvalue weighted by Gasteiger charge is 2.25. The lowest BCUT2D eigenvalue weighted by Crippen LogP contribution is -2.26. The number of rotatable bonds is 16. The van der Waals surface area contributed by atoms with Crippen molar-refractivity contribution in [3.8, 4) is 0 Å². The Hall–Kier alpha value is -10.1.